The average molecular weight is 264 g/mol. The lowest BCUT2D eigenvalue weighted by molar-refractivity contribution is -0.186. The van der Waals surface area contributed by atoms with Crippen LogP contribution in [0.3, 0.4) is 0 Å². The number of carbonyl (C=O) groups excluding carboxylic acids is 1. The second kappa shape index (κ2) is 6.14. The number of carbonyl (C=O) groups is 1. The predicted molar refractivity (Wildman–Crippen MR) is 71.6 cm³/mol. The molecule has 0 aliphatic carbocycles. The van der Waals surface area contributed by atoms with Crippen molar-refractivity contribution in [3.05, 3.63) is 35.9 Å². The number of benzene rings is 1. The highest BCUT2D eigenvalue weighted by Crippen LogP contribution is 2.30. The highest BCUT2D eigenvalue weighted by atomic mass is 16.5. The molecule has 0 bridgehead atoms. The fraction of sp³-hybridized carbons (Fsp3) is 0.500. The fourth-order valence-corrected chi connectivity index (χ4v) is 2.51. The molecule has 2 rings (SSSR count). The number of morpholine rings is 1. The van der Waals surface area contributed by atoms with Crippen LogP contribution in [-0.4, -0.2) is 51.3 Å². The molecule has 1 heterocycles. The molecule has 1 atom stereocenters. The molecule has 1 aromatic carbocycles. The van der Waals surface area contributed by atoms with E-state index in [9.17, 15) is 4.79 Å². The first kappa shape index (κ1) is 14.0. The van der Waals surface area contributed by atoms with E-state index in [-0.39, 0.29) is 5.91 Å². The van der Waals surface area contributed by atoms with Gasteiger partial charge in [0.15, 0.2) is 0 Å². The zero-order chi connectivity index (χ0) is 13.7. The maximum atomic E-state index is 12.4. The van der Waals surface area contributed by atoms with Gasteiger partial charge in [-0.1, -0.05) is 30.3 Å². The molecule has 1 N–H and O–H groups in total. The highest BCUT2D eigenvalue weighted by molar-refractivity contribution is 5.86. The number of methoxy groups -OCH3 is 1. The predicted octanol–water partition coefficient (Wildman–Crippen LogP) is 0.564. The van der Waals surface area contributed by atoms with Crippen LogP contribution in [0.1, 0.15) is 5.56 Å². The van der Waals surface area contributed by atoms with E-state index in [0.717, 1.165) is 5.56 Å². The molecule has 5 heteroatoms. The molecule has 0 saturated carbocycles. The summed E-state index contributed by atoms with van der Waals surface area (Å²) in [5.74, 6) is -0.164. The van der Waals surface area contributed by atoms with Crippen molar-refractivity contribution in [3.8, 4) is 0 Å². The smallest absolute Gasteiger partial charge is 0.272 e. The number of nitrogens with zero attached hydrogens (tertiary/aromatic N) is 1. The van der Waals surface area contributed by atoms with Gasteiger partial charge in [-0.05, 0) is 0 Å². The molecule has 0 aromatic heterocycles. The maximum absolute atomic E-state index is 12.4. The topological polar surface area (TPSA) is 50.8 Å². The van der Waals surface area contributed by atoms with Crippen LogP contribution in [0.25, 0.3) is 0 Å². The third kappa shape index (κ3) is 2.49. The van der Waals surface area contributed by atoms with E-state index in [4.69, 9.17) is 9.47 Å². The molecular formula is C14H20N2O3. The summed E-state index contributed by atoms with van der Waals surface area (Å²) in [5, 5.41) is 2.71. The van der Waals surface area contributed by atoms with Crippen molar-refractivity contribution in [2.45, 2.75) is 5.72 Å². The van der Waals surface area contributed by atoms with Crippen LogP contribution in [0.4, 0.5) is 0 Å². The first-order valence-corrected chi connectivity index (χ1v) is 6.41. The monoisotopic (exact) mass is 264 g/mol. The van der Waals surface area contributed by atoms with Gasteiger partial charge in [0, 0.05) is 32.8 Å². The van der Waals surface area contributed by atoms with Gasteiger partial charge in [-0.25, -0.2) is 0 Å². The molecule has 19 heavy (non-hydrogen) atoms. The van der Waals surface area contributed by atoms with E-state index in [1.165, 1.54) is 0 Å². The van der Waals surface area contributed by atoms with E-state index in [2.05, 4.69) is 5.32 Å². The summed E-state index contributed by atoms with van der Waals surface area (Å²) in [6, 6.07) is 9.56. The van der Waals surface area contributed by atoms with Gasteiger partial charge >= 0.3 is 0 Å². The van der Waals surface area contributed by atoms with E-state index in [0.29, 0.717) is 26.3 Å². The third-order valence-electron chi connectivity index (χ3n) is 3.45. The Bertz CT molecular complexity index is 418. The molecule has 1 unspecified atom stereocenters. The van der Waals surface area contributed by atoms with Crippen molar-refractivity contribution >= 4 is 5.91 Å². The fourth-order valence-electron chi connectivity index (χ4n) is 2.51. The maximum Gasteiger partial charge on any atom is 0.272 e. The van der Waals surface area contributed by atoms with Crippen LogP contribution in [0.15, 0.2) is 30.3 Å². The Hall–Kier alpha value is -1.43. The quantitative estimate of drug-likeness (QED) is 0.863. The molecule has 0 spiro atoms. The van der Waals surface area contributed by atoms with Crippen LogP contribution in [-0.2, 0) is 20.0 Å². The minimum atomic E-state index is -1.08. The van der Waals surface area contributed by atoms with Crippen molar-refractivity contribution in [1.29, 1.82) is 0 Å². The van der Waals surface area contributed by atoms with Crippen LogP contribution in [0.2, 0.25) is 0 Å². The lowest BCUT2D eigenvalue weighted by Crippen LogP contribution is -2.60. The van der Waals surface area contributed by atoms with Gasteiger partial charge in [0.25, 0.3) is 5.91 Å². The number of hydrogen-bond acceptors (Lipinski definition) is 4. The molecule has 1 saturated heterocycles. The van der Waals surface area contributed by atoms with E-state index >= 15 is 0 Å². The lowest BCUT2D eigenvalue weighted by Gasteiger charge is -2.42. The second-order valence-electron chi connectivity index (χ2n) is 4.39. The number of likely N-dealkylation sites (N-methyl/N-ethyl adjacent to an activating group) is 1. The van der Waals surface area contributed by atoms with Crippen molar-refractivity contribution in [2.24, 2.45) is 0 Å². The van der Waals surface area contributed by atoms with Gasteiger partial charge in [0.2, 0.25) is 5.72 Å². The molecule has 0 radical (unpaired) electrons. The standard InChI is InChI=1S/C14H20N2O3/c1-15-13(17)14(18-2,12-6-4-3-5-7-12)16-8-10-19-11-9-16/h3-7H,8-11H2,1-2H3,(H,15,17). The molecular weight excluding hydrogens is 244 g/mol. The van der Waals surface area contributed by atoms with Crippen LogP contribution >= 0.6 is 0 Å². The summed E-state index contributed by atoms with van der Waals surface area (Å²) in [6.07, 6.45) is 0. The number of ether oxygens (including phenoxy) is 2. The summed E-state index contributed by atoms with van der Waals surface area (Å²) in [4.78, 5) is 14.5. The van der Waals surface area contributed by atoms with Gasteiger partial charge in [0.05, 0.1) is 13.2 Å². The van der Waals surface area contributed by atoms with Gasteiger partial charge < -0.3 is 14.8 Å². The Morgan fingerprint density at radius 1 is 1.32 bits per heavy atom. The SMILES string of the molecule is CNC(=O)C(OC)(c1ccccc1)N1CCOCC1. The zero-order valence-electron chi connectivity index (χ0n) is 11.4. The normalized spacial score (nSPS) is 19.7. The van der Waals surface area contributed by atoms with Crippen molar-refractivity contribution in [3.63, 3.8) is 0 Å². The molecule has 1 amide bonds. The highest BCUT2D eigenvalue weighted by Gasteiger charge is 2.46. The van der Waals surface area contributed by atoms with Gasteiger partial charge in [0.1, 0.15) is 0 Å². The van der Waals surface area contributed by atoms with Crippen LogP contribution in [0.5, 0.6) is 0 Å². The first-order chi connectivity index (χ1) is 9.25. The van der Waals surface area contributed by atoms with Crippen molar-refractivity contribution in [1.82, 2.24) is 10.2 Å². The number of amides is 1. The van der Waals surface area contributed by atoms with E-state index < -0.39 is 5.72 Å². The van der Waals surface area contributed by atoms with Crippen LogP contribution < -0.4 is 5.32 Å². The summed E-state index contributed by atoms with van der Waals surface area (Å²) in [7, 11) is 3.19. The Balaban J connectivity index is 2.44. The molecule has 104 valence electrons. The Kier molecular flexibility index (Phi) is 4.52. The summed E-state index contributed by atoms with van der Waals surface area (Å²) in [5.41, 5.74) is -0.251. The molecule has 1 aliphatic heterocycles. The molecule has 1 fully saturated rings. The van der Waals surface area contributed by atoms with E-state index in [1.54, 1.807) is 14.2 Å². The molecule has 1 aliphatic rings. The van der Waals surface area contributed by atoms with Crippen molar-refractivity contribution < 1.29 is 14.3 Å². The summed E-state index contributed by atoms with van der Waals surface area (Å²) in [6.45, 7) is 2.54. The Morgan fingerprint density at radius 3 is 2.47 bits per heavy atom. The van der Waals surface area contributed by atoms with Gasteiger partial charge in [-0.2, -0.15) is 0 Å². The van der Waals surface area contributed by atoms with Crippen LogP contribution in [0, 0.1) is 0 Å². The van der Waals surface area contributed by atoms with E-state index in [1.807, 2.05) is 35.2 Å². The first-order valence-electron chi connectivity index (χ1n) is 6.41. The molecule has 5 nitrogen and oxygen atoms in total. The average Bonchev–Trinajstić information content (AvgIpc) is 2.50. The van der Waals surface area contributed by atoms with Gasteiger partial charge in [-0.15, -0.1) is 0 Å². The largest absolute Gasteiger partial charge is 0.379 e. The minimum Gasteiger partial charge on any atom is -0.379 e. The van der Waals surface area contributed by atoms with Gasteiger partial charge in [-0.3, -0.25) is 9.69 Å². The lowest BCUT2D eigenvalue weighted by atomic mass is 9.99. The molecule has 1 aromatic rings. The number of rotatable bonds is 4. The van der Waals surface area contributed by atoms with Crippen molar-refractivity contribution in [2.75, 3.05) is 40.5 Å². The minimum absolute atomic E-state index is 0.164. The summed E-state index contributed by atoms with van der Waals surface area (Å²) < 4.78 is 11.0. The summed E-state index contributed by atoms with van der Waals surface area (Å²) >= 11 is 0. The second-order valence-corrected chi connectivity index (χ2v) is 4.39. The Morgan fingerprint density at radius 2 is 1.95 bits per heavy atom. The third-order valence-corrected chi connectivity index (χ3v) is 3.45. The Labute approximate surface area is 113 Å². The zero-order valence-corrected chi connectivity index (χ0v) is 11.4. The number of hydrogen-bond donors (Lipinski definition) is 1. The number of nitrogens with one attached hydrogen (secondary N) is 1.